The number of halogens is 3. The molecule has 4 nitrogen and oxygen atoms in total. The van der Waals surface area contributed by atoms with Crippen LogP contribution in [0.3, 0.4) is 0 Å². The molecule has 1 unspecified atom stereocenters. The second-order valence-corrected chi connectivity index (χ2v) is 8.64. The number of nitrogens with one attached hydrogen (secondary N) is 1. The summed E-state index contributed by atoms with van der Waals surface area (Å²) in [5, 5.41) is 3.87. The van der Waals surface area contributed by atoms with E-state index in [0.29, 0.717) is 28.7 Å². The highest BCUT2D eigenvalue weighted by atomic mass is 79.9. The highest BCUT2D eigenvalue weighted by Crippen LogP contribution is 2.23. The lowest BCUT2D eigenvalue weighted by Gasteiger charge is -2.29. The van der Waals surface area contributed by atoms with Gasteiger partial charge in [0, 0.05) is 27.6 Å². The van der Waals surface area contributed by atoms with Crippen molar-refractivity contribution in [2.75, 3.05) is 6.54 Å². The number of benzene rings is 2. The third kappa shape index (κ3) is 7.32. The maximum atomic E-state index is 13.2. The van der Waals surface area contributed by atoms with Gasteiger partial charge in [-0.3, -0.25) is 9.59 Å². The molecular weight excluding hydrogens is 475 g/mol. The minimum atomic E-state index is -0.607. The van der Waals surface area contributed by atoms with Gasteiger partial charge in [-0.05, 0) is 48.7 Å². The van der Waals surface area contributed by atoms with Crippen LogP contribution in [0.5, 0.6) is 0 Å². The maximum absolute atomic E-state index is 13.2. The van der Waals surface area contributed by atoms with E-state index in [2.05, 4.69) is 28.2 Å². The Labute approximate surface area is 190 Å². The number of carbonyl (C=O) groups is 2. The van der Waals surface area contributed by atoms with E-state index in [-0.39, 0.29) is 18.2 Å². The fourth-order valence-electron chi connectivity index (χ4n) is 2.88. The first kappa shape index (κ1) is 23.7. The van der Waals surface area contributed by atoms with E-state index in [1.54, 1.807) is 30.0 Å². The van der Waals surface area contributed by atoms with Gasteiger partial charge in [0.25, 0.3) is 0 Å². The number of rotatable bonds is 9. The second-order valence-electron chi connectivity index (χ2n) is 6.88. The van der Waals surface area contributed by atoms with Gasteiger partial charge in [-0.1, -0.05) is 70.7 Å². The Morgan fingerprint density at radius 1 is 1.17 bits per heavy atom. The van der Waals surface area contributed by atoms with Gasteiger partial charge in [0.1, 0.15) is 6.04 Å². The normalized spacial score (nSPS) is 11.8. The Kier molecular flexibility index (Phi) is 9.47. The van der Waals surface area contributed by atoms with Crippen molar-refractivity contribution in [3.63, 3.8) is 0 Å². The van der Waals surface area contributed by atoms with Crippen LogP contribution in [0, 0.1) is 0 Å². The average Bonchev–Trinajstić information content (AvgIpc) is 2.68. The highest BCUT2D eigenvalue weighted by Gasteiger charge is 2.26. The molecule has 0 fully saturated rings. The van der Waals surface area contributed by atoms with Crippen LogP contribution in [-0.2, 0) is 22.6 Å². The molecule has 0 bridgehead atoms. The van der Waals surface area contributed by atoms with E-state index in [9.17, 15) is 9.59 Å². The Bertz CT molecular complexity index is 860. The smallest absolute Gasteiger partial charge is 0.242 e. The van der Waals surface area contributed by atoms with Crippen molar-refractivity contribution in [1.82, 2.24) is 10.2 Å². The third-order valence-electron chi connectivity index (χ3n) is 4.60. The van der Waals surface area contributed by atoms with Gasteiger partial charge in [0.15, 0.2) is 0 Å². The molecular formula is C22H25BrCl2N2O2. The van der Waals surface area contributed by atoms with Crippen molar-refractivity contribution in [2.45, 2.75) is 45.7 Å². The summed E-state index contributed by atoms with van der Waals surface area (Å²) >= 11 is 15.7. The molecule has 2 rings (SSSR count). The molecule has 2 aromatic carbocycles. The van der Waals surface area contributed by atoms with Crippen LogP contribution in [0.15, 0.2) is 46.9 Å². The van der Waals surface area contributed by atoms with Gasteiger partial charge in [0.05, 0.1) is 6.42 Å². The van der Waals surface area contributed by atoms with E-state index in [0.717, 1.165) is 22.9 Å². The first-order chi connectivity index (χ1) is 13.8. The quantitative estimate of drug-likeness (QED) is 0.454. The summed E-state index contributed by atoms with van der Waals surface area (Å²) in [7, 11) is 0. The molecule has 7 heteroatoms. The molecule has 0 aliphatic rings. The monoisotopic (exact) mass is 498 g/mol. The van der Waals surface area contributed by atoms with Crippen LogP contribution in [0.25, 0.3) is 0 Å². The minimum Gasteiger partial charge on any atom is -0.354 e. The zero-order valence-electron chi connectivity index (χ0n) is 16.6. The molecule has 1 atom stereocenters. The van der Waals surface area contributed by atoms with Gasteiger partial charge in [-0.25, -0.2) is 0 Å². The van der Waals surface area contributed by atoms with Crippen LogP contribution in [0.1, 0.15) is 37.8 Å². The van der Waals surface area contributed by atoms with Crippen molar-refractivity contribution < 1.29 is 9.59 Å². The lowest BCUT2D eigenvalue weighted by Crippen LogP contribution is -2.48. The lowest BCUT2D eigenvalue weighted by atomic mass is 10.1. The summed E-state index contributed by atoms with van der Waals surface area (Å²) < 4.78 is 0.920. The van der Waals surface area contributed by atoms with E-state index < -0.39 is 6.04 Å². The highest BCUT2D eigenvalue weighted by molar-refractivity contribution is 9.10. The third-order valence-corrected chi connectivity index (χ3v) is 5.68. The summed E-state index contributed by atoms with van der Waals surface area (Å²) in [6.07, 6.45) is 1.99. The van der Waals surface area contributed by atoms with Crippen molar-refractivity contribution >= 4 is 50.9 Å². The molecule has 29 heavy (non-hydrogen) atoms. The molecule has 156 valence electrons. The van der Waals surface area contributed by atoms with Crippen LogP contribution in [0.4, 0.5) is 0 Å². The molecule has 1 N–H and O–H groups in total. The first-order valence-electron chi connectivity index (χ1n) is 9.57. The molecule has 0 aliphatic heterocycles. The molecule has 0 spiro atoms. The summed E-state index contributed by atoms with van der Waals surface area (Å²) in [5.41, 5.74) is 1.61. The first-order valence-corrected chi connectivity index (χ1v) is 11.1. The lowest BCUT2D eigenvalue weighted by molar-refractivity contribution is -0.140. The van der Waals surface area contributed by atoms with Gasteiger partial charge in [-0.2, -0.15) is 0 Å². The molecule has 0 aliphatic carbocycles. The summed E-state index contributed by atoms with van der Waals surface area (Å²) in [4.78, 5) is 27.4. The number of hydrogen-bond donors (Lipinski definition) is 1. The zero-order chi connectivity index (χ0) is 21.4. The topological polar surface area (TPSA) is 49.4 Å². The number of hydrogen-bond acceptors (Lipinski definition) is 2. The van der Waals surface area contributed by atoms with Crippen molar-refractivity contribution in [2.24, 2.45) is 0 Å². The molecule has 0 saturated heterocycles. The zero-order valence-corrected chi connectivity index (χ0v) is 19.6. The van der Waals surface area contributed by atoms with Crippen LogP contribution in [-0.4, -0.2) is 29.3 Å². The van der Waals surface area contributed by atoms with Gasteiger partial charge in [0.2, 0.25) is 11.8 Å². The number of carbonyl (C=O) groups excluding carboxylic acids is 2. The fraction of sp³-hybridized carbons (Fsp3) is 0.364. The molecule has 0 heterocycles. The van der Waals surface area contributed by atoms with Gasteiger partial charge in [-0.15, -0.1) is 0 Å². The Morgan fingerprint density at radius 3 is 2.59 bits per heavy atom. The van der Waals surface area contributed by atoms with E-state index in [4.69, 9.17) is 23.2 Å². The molecule has 0 aromatic heterocycles. The van der Waals surface area contributed by atoms with Crippen LogP contribution in [0.2, 0.25) is 10.0 Å². The summed E-state index contributed by atoms with van der Waals surface area (Å²) in [6, 6.07) is 12.2. The molecule has 2 amide bonds. The minimum absolute atomic E-state index is 0.0938. The second kappa shape index (κ2) is 11.6. The maximum Gasteiger partial charge on any atom is 0.242 e. The number of unbranched alkanes of at least 4 members (excludes halogenated alkanes) is 1. The standard InChI is InChI=1S/C22H25BrCl2N2O2/c1-3-4-10-26-22(29)15(2)27(14-16-6-5-7-18(23)11-16)21(28)12-17-8-9-19(24)13-20(17)25/h5-9,11,13,15H,3-4,10,12,14H2,1-2H3,(H,26,29). The Hall–Kier alpha value is -1.56. The predicted molar refractivity (Wildman–Crippen MR) is 122 cm³/mol. The van der Waals surface area contributed by atoms with Gasteiger partial charge < -0.3 is 10.2 Å². The predicted octanol–water partition coefficient (Wildman–Crippen LogP) is 5.63. The van der Waals surface area contributed by atoms with Crippen LogP contribution < -0.4 is 5.32 Å². The van der Waals surface area contributed by atoms with E-state index >= 15 is 0 Å². The summed E-state index contributed by atoms with van der Waals surface area (Å²) in [5.74, 6) is -0.337. The Morgan fingerprint density at radius 2 is 1.93 bits per heavy atom. The Balaban J connectivity index is 2.22. The SMILES string of the molecule is CCCCNC(=O)C(C)N(Cc1cccc(Br)c1)C(=O)Cc1ccc(Cl)cc1Cl. The largest absolute Gasteiger partial charge is 0.354 e. The average molecular weight is 500 g/mol. The van der Waals surface area contributed by atoms with E-state index in [1.165, 1.54) is 0 Å². The molecule has 0 saturated carbocycles. The van der Waals surface area contributed by atoms with Crippen molar-refractivity contribution in [3.05, 3.63) is 68.1 Å². The van der Waals surface area contributed by atoms with Crippen molar-refractivity contribution in [3.8, 4) is 0 Å². The fourth-order valence-corrected chi connectivity index (χ4v) is 3.80. The molecule has 2 aromatic rings. The van der Waals surface area contributed by atoms with Crippen molar-refractivity contribution in [1.29, 1.82) is 0 Å². The summed E-state index contributed by atoms with van der Waals surface area (Å²) in [6.45, 7) is 4.74. The number of amides is 2. The van der Waals surface area contributed by atoms with Crippen LogP contribution >= 0.6 is 39.1 Å². The van der Waals surface area contributed by atoms with Gasteiger partial charge >= 0.3 is 0 Å². The van der Waals surface area contributed by atoms with E-state index in [1.807, 2.05) is 24.3 Å². The number of nitrogens with zero attached hydrogens (tertiary/aromatic N) is 1. The molecule has 0 radical (unpaired) electrons.